The van der Waals surface area contributed by atoms with Gasteiger partial charge in [0.25, 0.3) is 0 Å². The highest BCUT2D eigenvalue weighted by Gasteiger charge is 2.52. The molecule has 12 heteroatoms. The summed E-state index contributed by atoms with van der Waals surface area (Å²) in [6, 6.07) is 0.571. The van der Waals surface area contributed by atoms with Crippen LogP contribution in [0.4, 0.5) is 0 Å². The highest BCUT2D eigenvalue weighted by atomic mass is 28.5. The van der Waals surface area contributed by atoms with E-state index >= 15 is 0 Å². The summed E-state index contributed by atoms with van der Waals surface area (Å²) < 4.78 is 30.7. The summed E-state index contributed by atoms with van der Waals surface area (Å²) in [4.78, 5) is 25.4. The molecule has 1 N–H and O–H groups in total. The molecule has 0 amide bonds. The second-order valence-electron chi connectivity index (χ2n) is 12.7. The lowest BCUT2D eigenvalue weighted by Gasteiger charge is -2.43. The second-order valence-corrected chi connectivity index (χ2v) is 29.7. The summed E-state index contributed by atoms with van der Waals surface area (Å²) in [7, 11) is -8.91. The third-order valence-corrected chi connectivity index (χ3v) is 17.2. The van der Waals surface area contributed by atoms with Crippen LogP contribution in [0.15, 0.2) is 0 Å². The van der Waals surface area contributed by atoms with Crippen molar-refractivity contribution in [2.45, 2.75) is 99.1 Å². The average molecular weight is 555 g/mol. The minimum absolute atomic E-state index is 0.106. The molecule has 0 spiro atoms. The molecule has 0 radical (unpaired) electrons. The molecule has 0 unspecified atom stereocenters. The fourth-order valence-electron chi connectivity index (χ4n) is 3.08. The number of esters is 2. The summed E-state index contributed by atoms with van der Waals surface area (Å²) in [6.45, 7) is 25.7. The fraction of sp³-hybridized carbons (Fsp3) is 0.909. The van der Waals surface area contributed by atoms with Gasteiger partial charge in [-0.3, -0.25) is 9.59 Å². The van der Waals surface area contributed by atoms with Crippen LogP contribution in [0.1, 0.15) is 34.1 Å². The number of hydrogen-bond acceptors (Lipinski definition) is 8. The van der Waals surface area contributed by atoms with Crippen LogP contribution in [0.5, 0.6) is 0 Å². The Bertz CT molecular complexity index is 635. The number of aliphatic hydroxyl groups excluding tert-OH is 1. The highest BCUT2D eigenvalue weighted by molar-refractivity contribution is 6.90. The molecule has 0 aromatic carbocycles. The predicted molar refractivity (Wildman–Crippen MR) is 145 cm³/mol. The monoisotopic (exact) mass is 554 g/mol. The minimum Gasteiger partial charge on any atom is -0.465 e. The molecule has 0 saturated heterocycles. The maximum Gasteiger partial charge on any atom is 0.469 e. The first kappa shape index (κ1) is 33.6. The van der Waals surface area contributed by atoms with Crippen LogP contribution in [0, 0.1) is 10.8 Å². The average Bonchev–Trinajstić information content (AvgIpc) is 2.58. The van der Waals surface area contributed by atoms with Gasteiger partial charge in [-0.2, -0.15) is 0 Å². The Morgan fingerprint density at radius 1 is 0.647 bits per heavy atom. The predicted octanol–water partition coefficient (Wildman–Crippen LogP) is 5.00. The summed E-state index contributed by atoms with van der Waals surface area (Å²) in [6.07, 6.45) is 0.545. The van der Waals surface area contributed by atoms with Crippen LogP contribution in [0.25, 0.3) is 0 Å². The van der Waals surface area contributed by atoms with Crippen molar-refractivity contribution in [3.8, 4) is 0 Å². The molecule has 34 heavy (non-hydrogen) atoms. The van der Waals surface area contributed by atoms with Crippen molar-refractivity contribution in [2.24, 2.45) is 10.8 Å². The van der Waals surface area contributed by atoms with E-state index in [-0.39, 0.29) is 19.8 Å². The normalized spacial score (nSPS) is 14.2. The van der Waals surface area contributed by atoms with E-state index in [0.717, 1.165) is 0 Å². The van der Waals surface area contributed by atoms with Crippen molar-refractivity contribution in [1.29, 1.82) is 0 Å². The summed E-state index contributed by atoms with van der Waals surface area (Å²) in [5.74, 6) is -1.03. The van der Waals surface area contributed by atoms with Gasteiger partial charge in [0.2, 0.25) is 0 Å². The van der Waals surface area contributed by atoms with Gasteiger partial charge in [-0.25, -0.2) is 0 Å². The van der Waals surface area contributed by atoms with Gasteiger partial charge in [0, 0.05) is 6.04 Å². The van der Waals surface area contributed by atoms with E-state index in [1.54, 1.807) is 27.7 Å². The van der Waals surface area contributed by atoms with Crippen molar-refractivity contribution >= 4 is 45.7 Å². The van der Waals surface area contributed by atoms with Gasteiger partial charge in [-0.05, 0) is 93.0 Å². The van der Waals surface area contributed by atoms with Crippen molar-refractivity contribution in [3.05, 3.63) is 0 Å². The molecule has 0 aromatic rings. The van der Waals surface area contributed by atoms with E-state index in [9.17, 15) is 9.59 Å². The molecule has 0 atom stereocenters. The lowest BCUT2D eigenvalue weighted by Crippen LogP contribution is -2.60. The molecule has 0 aliphatic rings. The van der Waals surface area contributed by atoms with E-state index < -0.39 is 56.5 Å². The number of aliphatic hydroxyl groups is 1. The Morgan fingerprint density at radius 3 is 1.26 bits per heavy atom. The topological polar surface area (TPSA) is 101 Å². The Morgan fingerprint density at radius 2 is 0.971 bits per heavy atom. The number of ether oxygens (including phenoxy) is 2. The third kappa shape index (κ3) is 11.6. The van der Waals surface area contributed by atoms with Crippen LogP contribution in [-0.4, -0.2) is 70.6 Å². The van der Waals surface area contributed by atoms with E-state index in [1.807, 2.05) is 0 Å². The van der Waals surface area contributed by atoms with Gasteiger partial charge in [0.1, 0.15) is 6.61 Å². The van der Waals surface area contributed by atoms with Gasteiger partial charge < -0.3 is 26.9 Å². The maximum atomic E-state index is 13.0. The number of carbonyl (C=O) groups is 2. The van der Waals surface area contributed by atoms with Crippen LogP contribution in [0.2, 0.25) is 65.0 Å². The largest absolute Gasteiger partial charge is 0.469 e. The molecular weight excluding hydrogens is 505 g/mol. The standard InChI is InChI=1S/C22H50O8Si4/c1-21(2,22(3,4)20(25)27-17-15-23)19(24)26-16-14-18-34(28-31(5,6)7,29-32(8,9)10)30-33(11,12)13/h23H,14-18H2,1-13H3. The van der Waals surface area contributed by atoms with E-state index in [2.05, 4.69) is 58.9 Å². The number of carbonyl (C=O) groups excluding carboxylic acids is 2. The lowest BCUT2D eigenvalue weighted by atomic mass is 9.68. The SMILES string of the molecule is CC(C)(C(=O)OCCO)C(C)(C)C(=O)OCCC[Si](O[Si](C)(C)C)(O[Si](C)(C)C)O[Si](C)(C)C. The first-order valence-electron chi connectivity index (χ1n) is 12.0. The summed E-state index contributed by atoms with van der Waals surface area (Å²) in [5, 5.41) is 8.92. The maximum absolute atomic E-state index is 13.0. The molecule has 0 fully saturated rings. The zero-order valence-electron chi connectivity index (χ0n) is 23.8. The molecule has 0 aliphatic heterocycles. The Balaban J connectivity index is 5.48. The quantitative estimate of drug-likeness (QED) is 0.171. The van der Waals surface area contributed by atoms with Gasteiger partial charge in [-0.15, -0.1) is 0 Å². The van der Waals surface area contributed by atoms with Gasteiger partial charge in [0.15, 0.2) is 25.0 Å². The van der Waals surface area contributed by atoms with Crippen LogP contribution >= 0.6 is 0 Å². The van der Waals surface area contributed by atoms with Gasteiger partial charge in [-0.1, -0.05) is 0 Å². The van der Waals surface area contributed by atoms with Crippen LogP contribution in [-0.2, 0) is 31.4 Å². The van der Waals surface area contributed by atoms with Crippen molar-refractivity contribution in [3.63, 3.8) is 0 Å². The van der Waals surface area contributed by atoms with E-state index in [1.165, 1.54) is 0 Å². The molecule has 8 nitrogen and oxygen atoms in total. The minimum atomic E-state index is -2.99. The van der Waals surface area contributed by atoms with Gasteiger partial charge in [0.05, 0.1) is 24.0 Å². The molecule has 0 aromatic heterocycles. The first-order valence-corrected chi connectivity index (χ1v) is 24.2. The van der Waals surface area contributed by atoms with E-state index in [4.69, 9.17) is 26.9 Å². The lowest BCUT2D eigenvalue weighted by molar-refractivity contribution is -0.176. The zero-order chi connectivity index (χ0) is 27.2. The molecule has 0 heterocycles. The summed E-state index contributed by atoms with van der Waals surface area (Å²) >= 11 is 0. The third-order valence-electron chi connectivity index (χ3n) is 5.15. The Hall–Kier alpha value is -0.352. The van der Waals surface area contributed by atoms with Crippen LogP contribution < -0.4 is 0 Å². The highest BCUT2D eigenvalue weighted by Crippen LogP contribution is 2.41. The summed E-state index contributed by atoms with van der Waals surface area (Å²) in [5.41, 5.74) is -2.24. The molecule has 0 bridgehead atoms. The molecular formula is C22H50O8Si4. The number of hydrogen-bond donors (Lipinski definition) is 1. The smallest absolute Gasteiger partial charge is 0.465 e. The fourth-order valence-corrected chi connectivity index (χ4v) is 17.7. The van der Waals surface area contributed by atoms with Crippen molar-refractivity contribution < 1.29 is 36.5 Å². The first-order chi connectivity index (χ1) is 15.0. The number of rotatable bonds is 15. The molecule has 202 valence electrons. The molecule has 0 aliphatic carbocycles. The van der Waals surface area contributed by atoms with Crippen molar-refractivity contribution in [2.75, 3.05) is 19.8 Å². The second kappa shape index (κ2) is 12.3. The van der Waals surface area contributed by atoms with E-state index in [0.29, 0.717) is 12.5 Å². The van der Waals surface area contributed by atoms with Gasteiger partial charge >= 0.3 is 20.7 Å². The zero-order valence-corrected chi connectivity index (χ0v) is 27.8. The molecule has 0 saturated carbocycles. The van der Waals surface area contributed by atoms with Crippen molar-refractivity contribution in [1.82, 2.24) is 0 Å². The Kier molecular flexibility index (Phi) is 12.1. The Labute approximate surface area is 211 Å². The molecule has 0 rings (SSSR count). The van der Waals surface area contributed by atoms with Crippen LogP contribution in [0.3, 0.4) is 0 Å².